The van der Waals surface area contributed by atoms with Crippen molar-refractivity contribution < 1.29 is 14.7 Å². The molecule has 0 bridgehead atoms. The first kappa shape index (κ1) is 19.1. The van der Waals surface area contributed by atoms with Crippen molar-refractivity contribution in [3.63, 3.8) is 0 Å². The molecular formula is C17H32O3. The van der Waals surface area contributed by atoms with Crippen LogP contribution in [0.2, 0.25) is 0 Å². The monoisotopic (exact) mass is 284 g/mol. The van der Waals surface area contributed by atoms with Gasteiger partial charge < -0.3 is 9.90 Å². The third-order valence-electron chi connectivity index (χ3n) is 3.67. The summed E-state index contributed by atoms with van der Waals surface area (Å²) in [5.74, 6) is -0.360. The summed E-state index contributed by atoms with van der Waals surface area (Å²) in [5.41, 5.74) is 0. The van der Waals surface area contributed by atoms with Gasteiger partial charge in [0.15, 0.2) is 0 Å². The lowest BCUT2D eigenvalue weighted by Gasteiger charge is -2.02. The number of carbonyl (C=O) groups is 2. The zero-order valence-corrected chi connectivity index (χ0v) is 13.2. The molecule has 0 aliphatic rings. The molecule has 0 aromatic heterocycles. The minimum Gasteiger partial charge on any atom is -0.481 e. The molecule has 0 fully saturated rings. The van der Waals surface area contributed by atoms with Crippen molar-refractivity contribution in [2.45, 2.75) is 96.8 Å². The quantitative estimate of drug-likeness (QED) is 0.424. The van der Waals surface area contributed by atoms with Crippen LogP contribution in [0.1, 0.15) is 96.8 Å². The molecule has 0 unspecified atom stereocenters. The first-order valence-corrected chi connectivity index (χ1v) is 8.34. The maximum Gasteiger partial charge on any atom is 0.303 e. The van der Waals surface area contributed by atoms with E-state index in [0.29, 0.717) is 12.2 Å². The zero-order chi connectivity index (χ0) is 15.1. The highest BCUT2D eigenvalue weighted by atomic mass is 16.4. The number of hydrogen-bond donors (Lipinski definition) is 1. The number of unbranched alkanes of at least 4 members (excludes halogenated alkanes) is 11. The van der Waals surface area contributed by atoms with E-state index in [9.17, 15) is 9.59 Å². The van der Waals surface area contributed by atoms with E-state index in [-0.39, 0.29) is 0 Å². The second-order valence-corrected chi connectivity index (χ2v) is 5.84. The van der Waals surface area contributed by atoms with Gasteiger partial charge in [-0.25, -0.2) is 0 Å². The van der Waals surface area contributed by atoms with Crippen LogP contribution in [-0.4, -0.2) is 16.9 Å². The smallest absolute Gasteiger partial charge is 0.303 e. The second kappa shape index (κ2) is 14.5. The summed E-state index contributed by atoms with van der Waals surface area (Å²) in [6.45, 7) is 1.67. The Hall–Kier alpha value is -0.860. The van der Waals surface area contributed by atoms with Crippen LogP contribution >= 0.6 is 0 Å². The Morgan fingerprint density at radius 1 is 0.600 bits per heavy atom. The summed E-state index contributed by atoms with van der Waals surface area (Å²) in [6.07, 6.45) is 15.5. The molecule has 3 heteroatoms. The van der Waals surface area contributed by atoms with Gasteiger partial charge in [-0.1, -0.05) is 64.2 Å². The summed E-state index contributed by atoms with van der Waals surface area (Å²) in [5, 5.41) is 8.50. The fraction of sp³-hybridized carbons (Fsp3) is 0.882. The summed E-state index contributed by atoms with van der Waals surface area (Å²) in [6, 6.07) is 0. The van der Waals surface area contributed by atoms with E-state index < -0.39 is 5.97 Å². The van der Waals surface area contributed by atoms with Crippen LogP contribution in [0.25, 0.3) is 0 Å². The lowest BCUT2D eigenvalue weighted by molar-refractivity contribution is -0.137. The number of aliphatic carboxylic acids is 1. The van der Waals surface area contributed by atoms with E-state index in [1.165, 1.54) is 57.8 Å². The number of carboxylic acids is 1. The van der Waals surface area contributed by atoms with Crippen molar-refractivity contribution in [3.8, 4) is 0 Å². The van der Waals surface area contributed by atoms with Crippen LogP contribution in [0, 0.1) is 0 Å². The highest BCUT2D eigenvalue weighted by Gasteiger charge is 1.97. The Morgan fingerprint density at radius 2 is 0.900 bits per heavy atom. The van der Waals surface area contributed by atoms with Gasteiger partial charge in [-0.3, -0.25) is 4.79 Å². The molecular weight excluding hydrogens is 252 g/mol. The van der Waals surface area contributed by atoms with E-state index in [1.807, 2.05) is 0 Å². The summed E-state index contributed by atoms with van der Waals surface area (Å²) in [4.78, 5) is 21.1. The molecule has 0 aromatic carbocycles. The molecule has 0 saturated heterocycles. The molecule has 0 radical (unpaired) electrons. The van der Waals surface area contributed by atoms with E-state index >= 15 is 0 Å². The van der Waals surface area contributed by atoms with E-state index in [2.05, 4.69) is 0 Å². The summed E-state index contributed by atoms with van der Waals surface area (Å²) in [7, 11) is 0. The highest BCUT2D eigenvalue weighted by Crippen LogP contribution is 2.12. The molecule has 0 heterocycles. The summed E-state index contributed by atoms with van der Waals surface area (Å²) >= 11 is 0. The summed E-state index contributed by atoms with van der Waals surface area (Å²) < 4.78 is 0. The highest BCUT2D eigenvalue weighted by molar-refractivity contribution is 5.75. The Morgan fingerprint density at radius 3 is 1.20 bits per heavy atom. The Balaban J connectivity index is 2.99. The SMILES string of the molecule is CC(=O)CCCCCCCCCCCCCCC(=O)O. The maximum atomic E-state index is 10.7. The first-order chi connectivity index (χ1) is 9.63. The van der Waals surface area contributed by atoms with E-state index in [1.54, 1.807) is 6.92 Å². The van der Waals surface area contributed by atoms with E-state index in [4.69, 9.17) is 5.11 Å². The predicted octanol–water partition coefficient (Wildman–Crippen LogP) is 5.12. The van der Waals surface area contributed by atoms with Gasteiger partial charge in [0.2, 0.25) is 0 Å². The van der Waals surface area contributed by atoms with Gasteiger partial charge >= 0.3 is 5.97 Å². The topological polar surface area (TPSA) is 54.4 Å². The largest absolute Gasteiger partial charge is 0.481 e. The molecule has 0 amide bonds. The molecule has 0 aliphatic heterocycles. The number of Topliss-reactive ketones (excluding diaryl/α,β-unsaturated/α-hetero) is 1. The van der Waals surface area contributed by atoms with Gasteiger partial charge in [-0.05, 0) is 19.8 Å². The molecule has 3 nitrogen and oxygen atoms in total. The van der Waals surface area contributed by atoms with Crippen LogP contribution in [0.3, 0.4) is 0 Å². The number of hydrogen-bond acceptors (Lipinski definition) is 2. The molecule has 118 valence electrons. The zero-order valence-electron chi connectivity index (χ0n) is 13.2. The minimum atomic E-state index is -0.673. The molecule has 0 rings (SSSR count). The van der Waals surface area contributed by atoms with Crippen LogP contribution < -0.4 is 0 Å². The first-order valence-electron chi connectivity index (χ1n) is 8.34. The maximum absolute atomic E-state index is 10.7. The van der Waals surface area contributed by atoms with Gasteiger partial charge in [-0.15, -0.1) is 0 Å². The number of rotatable bonds is 15. The van der Waals surface area contributed by atoms with Gasteiger partial charge in [0.25, 0.3) is 0 Å². The fourth-order valence-electron chi connectivity index (χ4n) is 2.42. The standard InChI is InChI=1S/C17H32O3/c1-16(18)14-12-10-8-6-4-2-3-5-7-9-11-13-15-17(19)20/h2-15H2,1H3,(H,19,20). The molecule has 0 aromatic rings. The average molecular weight is 284 g/mol. The van der Waals surface area contributed by atoms with Gasteiger partial charge in [0, 0.05) is 12.8 Å². The molecule has 0 saturated carbocycles. The van der Waals surface area contributed by atoms with Crippen molar-refractivity contribution in [1.29, 1.82) is 0 Å². The Bertz CT molecular complexity index is 223. The second-order valence-electron chi connectivity index (χ2n) is 5.84. The van der Waals surface area contributed by atoms with Gasteiger partial charge in [0.05, 0.1) is 0 Å². The predicted molar refractivity (Wildman–Crippen MR) is 83.0 cm³/mol. The molecule has 20 heavy (non-hydrogen) atoms. The normalized spacial score (nSPS) is 10.7. The molecule has 0 atom stereocenters. The van der Waals surface area contributed by atoms with Crippen molar-refractivity contribution >= 4 is 11.8 Å². The van der Waals surface area contributed by atoms with Crippen molar-refractivity contribution in [2.75, 3.05) is 0 Å². The average Bonchev–Trinajstić information content (AvgIpc) is 2.38. The van der Waals surface area contributed by atoms with Crippen molar-refractivity contribution in [1.82, 2.24) is 0 Å². The van der Waals surface area contributed by atoms with Crippen LogP contribution in [0.4, 0.5) is 0 Å². The van der Waals surface area contributed by atoms with Crippen molar-refractivity contribution in [3.05, 3.63) is 0 Å². The molecule has 0 spiro atoms. The van der Waals surface area contributed by atoms with E-state index in [0.717, 1.165) is 25.7 Å². The minimum absolute atomic E-state index is 0.313. The Labute approximate surface area is 124 Å². The number of carbonyl (C=O) groups excluding carboxylic acids is 1. The number of carboxylic acid groups (broad SMARTS) is 1. The van der Waals surface area contributed by atoms with Gasteiger partial charge in [-0.2, -0.15) is 0 Å². The lowest BCUT2D eigenvalue weighted by Crippen LogP contribution is -1.93. The lowest BCUT2D eigenvalue weighted by atomic mass is 10.0. The van der Waals surface area contributed by atoms with Crippen LogP contribution in [0.15, 0.2) is 0 Å². The third-order valence-corrected chi connectivity index (χ3v) is 3.67. The van der Waals surface area contributed by atoms with Crippen LogP contribution in [0.5, 0.6) is 0 Å². The number of ketones is 1. The van der Waals surface area contributed by atoms with Gasteiger partial charge in [0.1, 0.15) is 5.78 Å². The fourth-order valence-corrected chi connectivity index (χ4v) is 2.42. The Kier molecular flexibility index (Phi) is 13.9. The molecule has 1 N–H and O–H groups in total. The third kappa shape index (κ3) is 17.1. The van der Waals surface area contributed by atoms with Crippen LogP contribution in [-0.2, 0) is 9.59 Å². The molecule has 0 aliphatic carbocycles. The van der Waals surface area contributed by atoms with Crippen molar-refractivity contribution in [2.24, 2.45) is 0 Å².